The van der Waals surface area contributed by atoms with E-state index in [9.17, 15) is 12.6 Å². The molecule has 0 bridgehead atoms. The SMILES string of the molecule is F.F.F.F.F.F.F.F.F.F.O.O.[F][U]([F])([F])([F])([F])[F].[HH].[O]=[U]=[O].[O]=[U]=[O].[O]=[U]=[O]. The summed E-state index contributed by atoms with van der Waals surface area (Å²) < 4.78 is 111. The average molecular weight is 1400 g/mol. The quantitative estimate of drug-likeness (QED) is 0.337. The minimum absolute atomic E-state index is 0. The number of halogens is 16. The third-order valence-corrected chi connectivity index (χ3v) is 0. The fraction of sp³-hybridized carbons (Fsp3) is 0. The summed E-state index contributed by atoms with van der Waals surface area (Å²) in [5.74, 6) is 0. The summed E-state index contributed by atoms with van der Waals surface area (Å²) in [6.07, 6.45) is 0. The first-order chi connectivity index (χ1) is 6.69. The van der Waals surface area contributed by atoms with Gasteiger partial charge in [-0.3, -0.25) is 47.0 Å². The van der Waals surface area contributed by atoms with E-state index in [4.69, 9.17) is 13.4 Å². The van der Waals surface area contributed by atoms with E-state index in [-0.39, 0.29) is 59.4 Å². The molecule has 4 N–H and O–H groups in total. The maximum absolute atomic E-state index is 11.4. The third-order valence-electron chi connectivity index (χ3n) is 0. The Hall–Kier alpha value is 1.81. The molecule has 0 unspecified atom stereocenters. The predicted molar refractivity (Wildman–Crippen MR) is 45.1 cm³/mol. The average Bonchev–Trinajstić information content (AvgIpc) is 1.82. The molecule has 0 heterocycles. The van der Waals surface area contributed by atoms with Crippen molar-refractivity contribution in [2.24, 2.45) is 0 Å². The predicted octanol–water partition coefficient (Wildman–Crippen LogP) is 1.93. The molecule has 0 rings (SSSR count). The van der Waals surface area contributed by atoms with E-state index in [0.717, 1.165) is 0 Å². The van der Waals surface area contributed by atoms with Gasteiger partial charge in [-0.15, -0.1) is 0 Å². The Morgan fingerprint density at radius 3 is 0.393 bits per heavy atom. The van der Waals surface area contributed by atoms with Crippen molar-refractivity contribution >= 4 is 0 Å². The van der Waals surface area contributed by atoms with Crippen molar-refractivity contribution < 1.29 is 194 Å². The zero-order valence-electron chi connectivity index (χ0n) is 11.8. The second-order valence-electron chi connectivity index (χ2n) is 1.32. The molecule has 0 aromatic carbocycles. The Bertz CT molecular complexity index is 261. The maximum atomic E-state index is 9.94. The van der Waals surface area contributed by atoms with E-state index < -0.39 is 109 Å². The van der Waals surface area contributed by atoms with Crippen molar-refractivity contribution in [3.8, 4) is 0 Å². The number of hydrogen-bond donors (Lipinski definition) is 0. The molecule has 0 radical (unpaired) electrons. The minimum atomic E-state index is -11.4. The van der Waals surface area contributed by atoms with Crippen LogP contribution < -0.4 is 0 Å². The van der Waals surface area contributed by atoms with Crippen LogP contribution in [0.2, 0.25) is 0 Å². The molecule has 192 valence electrons. The van der Waals surface area contributed by atoms with Gasteiger partial charge < -0.3 is 11.0 Å². The van der Waals surface area contributed by atoms with Crippen LogP contribution in [-0.4, -0.2) is 11.0 Å². The normalized spacial score (nSPS) is 6.64. The van der Waals surface area contributed by atoms with Crippen molar-refractivity contribution in [2.75, 3.05) is 0 Å². The van der Waals surface area contributed by atoms with Crippen LogP contribution in [0.5, 0.6) is 0 Å². The van der Waals surface area contributed by atoms with Gasteiger partial charge in [0.2, 0.25) is 0 Å². The molecule has 28 heavy (non-hydrogen) atoms. The zero-order chi connectivity index (χ0) is 14.5. The van der Waals surface area contributed by atoms with Gasteiger partial charge in [0.05, 0.1) is 0 Å². The van der Waals surface area contributed by atoms with Crippen LogP contribution in [0.1, 0.15) is 1.43 Å². The molecular weight excluding hydrogens is 1380 g/mol. The summed E-state index contributed by atoms with van der Waals surface area (Å²) in [6.45, 7) is 0. The number of rotatable bonds is 0. The van der Waals surface area contributed by atoms with Crippen LogP contribution in [0, 0.1) is 109 Å². The molecule has 28 heteroatoms. The van der Waals surface area contributed by atoms with Crippen LogP contribution in [0.15, 0.2) is 0 Å². The van der Waals surface area contributed by atoms with Gasteiger partial charge in [0.25, 0.3) is 0 Å². The summed E-state index contributed by atoms with van der Waals surface area (Å²) in [5.41, 5.74) is 0. The second kappa shape index (κ2) is 56.8. The van der Waals surface area contributed by atoms with Gasteiger partial charge in [-0.2, -0.15) is 0 Å². The van der Waals surface area contributed by atoms with Crippen LogP contribution in [0.4, 0.5) is 59.6 Å². The van der Waals surface area contributed by atoms with E-state index in [2.05, 4.69) is 0 Å². The van der Waals surface area contributed by atoms with E-state index in [1.165, 1.54) is 0 Å². The first-order valence-electron chi connectivity index (χ1n) is 2.36. The first-order valence-corrected chi connectivity index (χ1v) is 22.0. The van der Waals surface area contributed by atoms with Gasteiger partial charge in [0.1, 0.15) is 0 Å². The van der Waals surface area contributed by atoms with E-state index >= 15 is 0 Å². The zero-order valence-corrected chi connectivity index (χ0v) is 28.5. The molecule has 0 aliphatic rings. The van der Waals surface area contributed by atoms with Crippen molar-refractivity contribution in [2.45, 2.75) is 0 Å². The van der Waals surface area contributed by atoms with E-state index in [0.29, 0.717) is 0 Å². The van der Waals surface area contributed by atoms with Crippen LogP contribution in [0.3, 0.4) is 0 Å². The van der Waals surface area contributed by atoms with Gasteiger partial charge in [-0.05, 0) is 0 Å². The Labute approximate surface area is 191 Å². The fourth-order valence-corrected chi connectivity index (χ4v) is 0. The molecule has 0 aromatic heterocycles. The van der Waals surface area contributed by atoms with Crippen molar-refractivity contribution in [1.82, 2.24) is 0 Å². The van der Waals surface area contributed by atoms with E-state index in [1.807, 2.05) is 0 Å². The monoisotopic (exact) mass is 1400 g/mol. The molecule has 0 aliphatic heterocycles. The summed E-state index contributed by atoms with van der Waals surface area (Å²) in [6, 6.07) is 0. The summed E-state index contributed by atoms with van der Waals surface area (Å²) in [5, 5.41) is 0. The van der Waals surface area contributed by atoms with Gasteiger partial charge in [-0.25, -0.2) is 0 Å². The van der Waals surface area contributed by atoms with Gasteiger partial charge in [0.15, 0.2) is 0 Å². The summed E-state index contributed by atoms with van der Waals surface area (Å²) in [7, 11) is 0. The van der Waals surface area contributed by atoms with Crippen molar-refractivity contribution in [1.29, 1.82) is 0 Å². The summed E-state index contributed by atoms with van der Waals surface area (Å²) in [4.78, 5) is 0. The van der Waals surface area contributed by atoms with Crippen molar-refractivity contribution in [3.05, 3.63) is 0 Å². The molecule has 0 spiro atoms. The van der Waals surface area contributed by atoms with E-state index in [1.54, 1.807) is 0 Å². The fourth-order valence-electron chi connectivity index (χ4n) is 0. The molecule has 0 fully saturated rings. The Morgan fingerprint density at radius 1 is 0.393 bits per heavy atom. The second-order valence-corrected chi connectivity index (χ2v) is 12.3. The van der Waals surface area contributed by atoms with Crippen LogP contribution in [-0.2, 0) is 13.4 Å². The Morgan fingerprint density at radius 2 is 0.393 bits per heavy atom. The molecule has 0 saturated heterocycles. The van der Waals surface area contributed by atoms with Crippen molar-refractivity contribution in [3.63, 3.8) is 0 Å². The molecule has 0 saturated carbocycles. The number of hydrogen-bond acceptors (Lipinski definition) is 6. The van der Waals surface area contributed by atoms with Gasteiger partial charge in [-0.1, -0.05) is 0 Å². The molecule has 0 aromatic rings. The van der Waals surface area contributed by atoms with Crippen LogP contribution >= 0.6 is 0 Å². The van der Waals surface area contributed by atoms with Crippen LogP contribution in [0.25, 0.3) is 0 Å². The topological polar surface area (TPSA) is 165 Å². The first kappa shape index (κ1) is 130. The van der Waals surface area contributed by atoms with Gasteiger partial charge >= 0.3 is 135 Å². The molecule has 0 atom stereocenters. The third kappa shape index (κ3) is 6110. The molecule has 0 amide bonds. The Kier molecular flexibility index (Phi) is 263. The molecule has 0 aliphatic carbocycles. The Balaban J connectivity index is -0.00000000403. The van der Waals surface area contributed by atoms with Gasteiger partial charge in [0, 0.05) is 1.43 Å². The standard InChI is InChI=1S/16FH.2H2O.6O.4U.H2/h16*1H;2*1H2;;;;;;;;;;;1H/q;;;;;;;;;;;;;;;;;;;;;;;;;;;+6;/p-6. The molecular formula is H16F16O8U4. The summed E-state index contributed by atoms with van der Waals surface area (Å²) >= 11 is -19.0. The molecule has 8 nitrogen and oxygen atoms in total.